The summed E-state index contributed by atoms with van der Waals surface area (Å²) in [6, 6.07) is 56.5. The van der Waals surface area contributed by atoms with Gasteiger partial charge in [-0.15, -0.1) is 11.3 Å². The van der Waals surface area contributed by atoms with Crippen LogP contribution in [0.25, 0.3) is 87.7 Å². The predicted molar refractivity (Wildman–Crippen MR) is 253 cm³/mol. The molecule has 61 heavy (non-hydrogen) atoms. The average Bonchev–Trinajstić information content (AvgIpc) is 3.92. The molecule has 3 nitrogen and oxygen atoms in total. The Morgan fingerprint density at radius 2 is 0.869 bits per heavy atom. The highest BCUT2D eigenvalue weighted by Crippen LogP contribution is 2.62. The van der Waals surface area contributed by atoms with Gasteiger partial charge in [-0.3, -0.25) is 0 Å². The molecule has 2 fully saturated rings. The van der Waals surface area contributed by atoms with Crippen molar-refractivity contribution in [2.45, 2.75) is 75.0 Å². The van der Waals surface area contributed by atoms with Crippen molar-refractivity contribution in [2.75, 3.05) is 0 Å². The van der Waals surface area contributed by atoms with Gasteiger partial charge in [-0.05, 0) is 118 Å². The molecule has 4 aliphatic carbocycles. The van der Waals surface area contributed by atoms with E-state index >= 15 is 0 Å². The highest BCUT2D eigenvalue weighted by Gasteiger charge is 2.49. The molecule has 2 aromatic heterocycles. The van der Waals surface area contributed by atoms with Crippen LogP contribution in [0.4, 0.5) is 0 Å². The van der Waals surface area contributed by atoms with Crippen LogP contribution in [0, 0.1) is 0 Å². The molecule has 0 N–H and O–H groups in total. The normalized spacial score (nSPS) is 16.8. The molecule has 7 aromatic carbocycles. The number of benzene rings is 7. The number of nitrogens with zero attached hydrogens (tertiary/aromatic N) is 3. The lowest BCUT2D eigenvalue weighted by Crippen LogP contribution is -2.29. The zero-order valence-corrected chi connectivity index (χ0v) is 35.1. The second-order valence-electron chi connectivity index (χ2n) is 18.1. The van der Waals surface area contributed by atoms with Crippen LogP contribution < -0.4 is 0 Å². The van der Waals surface area contributed by atoms with Crippen LogP contribution in [-0.2, 0) is 10.8 Å². The molecule has 294 valence electrons. The van der Waals surface area contributed by atoms with Crippen LogP contribution in [0.5, 0.6) is 0 Å². The van der Waals surface area contributed by atoms with E-state index in [0.29, 0.717) is 17.5 Å². The number of fused-ring (bicyclic) bond motifs is 13. The van der Waals surface area contributed by atoms with Gasteiger partial charge >= 0.3 is 0 Å². The Hall–Kier alpha value is -6.23. The van der Waals surface area contributed by atoms with Crippen molar-refractivity contribution >= 4 is 31.5 Å². The molecule has 2 heterocycles. The number of thiophene rings is 1. The minimum absolute atomic E-state index is 0.0705. The standard InChI is InChI=1S/C57H45N3S/c1-5-16-36(17-6-1)53-58-54(37-18-7-2-8-19-37)60-55(59-53)43-22-15-21-42-46-32-38(25-27-51(46)61-52(42)43)39-24-26-41-45-35-49-44(34-50(45)57(48(41)33-39)30-13-4-14-31-57)40-20-9-10-23-47(40)56(49)28-11-3-12-29-56/h1-2,5-10,15-27,32-35H,3-4,11-14,28-31H2. The van der Waals surface area contributed by atoms with Crippen molar-refractivity contribution in [3.63, 3.8) is 0 Å². The average molecular weight is 804 g/mol. The van der Waals surface area contributed by atoms with Crippen LogP contribution in [0.3, 0.4) is 0 Å². The van der Waals surface area contributed by atoms with Crippen molar-refractivity contribution in [1.29, 1.82) is 0 Å². The van der Waals surface area contributed by atoms with Crippen LogP contribution in [0.1, 0.15) is 86.5 Å². The van der Waals surface area contributed by atoms with E-state index in [-0.39, 0.29) is 10.8 Å². The van der Waals surface area contributed by atoms with E-state index in [1.165, 1.54) is 118 Å². The van der Waals surface area contributed by atoms with Crippen LogP contribution in [-0.4, -0.2) is 15.0 Å². The largest absolute Gasteiger partial charge is 0.208 e. The summed E-state index contributed by atoms with van der Waals surface area (Å²) in [5.74, 6) is 2.06. The number of hydrogen-bond acceptors (Lipinski definition) is 4. The SMILES string of the molecule is c1ccc(-c2nc(-c3ccccc3)nc(-c3cccc4c3sc3ccc(-c5ccc6c(c5)C5(CCCCC5)c5cc7c(cc5-6)C5(CCCCC5)c5ccccc5-7)cc34)n2)cc1. The molecule has 0 amide bonds. The van der Waals surface area contributed by atoms with Gasteiger partial charge in [0.15, 0.2) is 17.5 Å². The summed E-state index contributed by atoms with van der Waals surface area (Å²) in [7, 11) is 0. The maximum absolute atomic E-state index is 5.12. The lowest BCUT2D eigenvalue weighted by molar-refractivity contribution is 0.350. The number of aromatic nitrogens is 3. The van der Waals surface area contributed by atoms with Gasteiger partial charge < -0.3 is 0 Å². The fourth-order valence-electron chi connectivity index (χ4n) is 12.1. The van der Waals surface area contributed by atoms with Gasteiger partial charge in [0.05, 0.1) is 0 Å². The van der Waals surface area contributed by atoms with Crippen molar-refractivity contribution in [3.05, 3.63) is 174 Å². The van der Waals surface area contributed by atoms with E-state index in [1.54, 1.807) is 22.3 Å². The molecule has 0 atom stereocenters. The van der Waals surface area contributed by atoms with Gasteiger partial charge in [0, 0.05) is 47.7 Å². The fraction of sp³-hybridized carbons (Fsp3) is 0.211. The van der Waals surface area contributed by atoms with Gasteiger partial charge in [0.1, 0.15) is 0 Å². The van der Waals surface area contributed by atoms with E-state index < -0.39 is 0 Å². The topological polar surface area (TPSA) is 38.7 Å². The predicted octanol–water partition coefficient (Wildman–Crippen LogP) is 15.4. The Morgan fingerprint density at radius 1 is 0.344 bits per heavy atom. The quantitative estimate of drug-likeness (QED) is 0.178. The molecule has 0 aliphatic heterocycles. The van der Waals surface area contributed by atoms with Crippen molar-refractivity contribution < 1.29 is 0 Å². The molecule has 0 unspecified atom stereocenters. The number of hydrogen-bond donors (Lipinski definition) is 0. The second kappa shape index (κ2) is 13.6. The third-order valence-corrected chi connectivity index (χ3v) is 16.2. The molecule has 0 bridgehead atoms. The summed E-state index contributed by atoms with van der Waals surface area (Å²) >= 11 is 1.83. The molecular formula is C57H45N3S. The first kappa shape index (κ1) is 35.5. The summed E-state index contributed by atoms with van der Waals surface area (Å²) in [5, 5.41) is 2.52. The Balaban J connectivity index is 0.934. The molecular weight excluding hydrogens is 759 g/mol. The van der Waals surface area contributed by atoms with Crippen molar-refractivity contribution in [1.82, 2.24) is 15.0 Å². The molecule has 2 saturated carbocycles. The first-order valence-corrected chi connectivity index (χ1v) is 23.3. The first-order chi connectivity index (χ1) is 30.2. The summed E-state index contributed by atoms with van der Waals surface area (Å²) in [6.45, 7) is 0. The molecule has 4 heteroatoms. The van der Waals surface area contributed by atoms with E-state index in [9.17, 15) is 0 Å². The van der Waals surface area contributed by atoms with E-state index in [2.05, 4.69) is 115 Å². The summed E-state index contributed by atoms with van der Waals surface area (Å²) in [5.41, 5.74) is 18.2. The summed E-state index contributed by atoms with van der Waals surface area (Å²) in [4.78, 5) is 15.2. The van der Waals surface area contributed by atoms with Gasteiger partial charge in [-0.1, -0.05) is 154 Å². The molecule has 9 aromatic rings. The third kappa shape index (κ3) is 5.31. The fourth-order valence-corrected chi connectivity index (χ4v) is 13.3. The first-order valence-electron chi connectivity index (χ1n) is 22.4. The second-order valence-corrected chi connectivity index (χ2v) is 19.1. The van der Waals surface area contributed by atoms with Gasteiger partial charge in [0.25, 0.3) is 0 Å². The molecule has 4 aliphatic rings. The Bertz CT molecular complexity index is 3150. The highest BCUT2D eigenvalue weighted by molar-refractivity contribution is 7.26. The lowest BCUT2D eigenvalue weighted by atomic mass is 9.66. The van der Waals surface area contributed by atoms with Crippen LogP contribution in [0.15, 0.2) is 152 Å². The third-order valence-electron chi connectivity index (χ3n) is 14.9. The smallest absolute Gasteiger partial charge is 0.165 e. The Morgan fingerprint density at radius 3 is 1.54 bits per heavy atom. The van der Waals surface area contributed by atoms with E-state index in [0.717, 1.165) is 16.7 Å². The molecule has 0 saturated heterocycles. The Kier molecular flexibility index (Phi) is 7.94. The van der Waals surface area contributed by atoms with Gasteiger partial charge in [0.2, 0.25) is 0 Å². The molecule has 13 rings (SSSR count). The summed E-state index contributed by atoms with van der Waals surface area (Å²) in [6.07, 6.45) is 12.9. The van der Waals surface area contributed by atoms with E-state index in [1.807, 2.05) is 47.7 Å². The van der Waals surface area contributed by atoms with Gasteiger partial charge in [-0.2, -0.15) is 0 Å². The monoisotopic (exact) mass is 803 g/mol. The van der Waals surface area contributed by atoms with Crippen LogP contribution in [0.2, 0.25) is 0 Å². The highest BCUT2D eigenvalue weighted by atomic mass is 32.1. The van der Waals surface area contributed by atoms with Crippen molar-refractivity contribution in [2.24, 2.45) is 0 Å². The molecule has 0 radical (unpaired) electrons. The lowest BCUT2D eigenvalue weighted by Gasteiger charge is -2.37. The minimum Gasteiger partial charge on any atom is -0.208 e. The Labute approximate surface area is 361 Å². The zero-order chi connectivity index (χ0) is 40.1. The number of rotatable bonds is 4. The molecule has 2 spiro atoms. The minimum atomic E-state index is 0.0705. The van der Waals surface area contributed by atoms with Crippen LogP contribution >= 0.6 is 11.3 Å². The maximum atomic E-state index is 5.12. The summed E-state index contributed by atoms with van der Waals surface area (Å²) < 4.78 is 2.48. The zero-order valence-electron chi connectivity index (χ0n) is 34.3. The van der Waals surface area contributed by atoms with E-state index in [4.69, 9.17) is 15.0 Å². The van der Waals surface area contributed by atoms with Crippen molar-refractivity contribution in [3.8, 4) is 67.5 Å². The maximum Gasteiger partial charge on any atom is 0.165 e. The van der Waals surface area contributed by atoms with Gasteiger partial charge in [-0.25, -0.2) is 15.0 Å².